The molecule has 4 N–H and O–H groups in total. The minimum absolute atomic E-state index is 0.0682. The number of hydrogen-bond acceptors (Lipinski definition) is 10. The van der Waals surface area contributed by atoms with Crippen LogP contribution in [0.2, 0.25) is 0 Å². The van der Waals surface area contributed by atoms with Crippen LogP contribution in [-0.4, -0.2) is 32.0 Å². The fraction of sp³-hybridized carbons (Fsp3) is 0.0303. The van der Waals surface area contributed by atoms with E-state index in [1.807, 2.05) is 0 Å². The largest absolute Gasteiger partial charge is 0.508 e. The lowest BCUT2D eigenvalue weighted by Gasteiger charge is -2.12. The van der Waals surface area contributed by atoms with Gasteiger partial charge in [0, 0.05) is 12.1 Å². The van der Waals surface area contributed by atoms with Gasteiger partial charge in [-0.3, -0.25) is 19.2 Å². The van der Waals surface area contributed by atoms with Gasteiger partial charge in [-0.1, -0.05) is 24.3 Å². The maximum atomic E-state index is 13.7. The van der Waals surface area contributed by atoms with Gasteiger partial charge in [0.1, 0.15) is 34.2 Å². The third-order valence-corrected chi connectivity index (χ3v) is 6.89. The molecular weight excluding hydrogens is 556 g/mol. The summed E-state index contributed by atoms with van der Waals surface area (Å²) in [4.78, 5) is 54.5. The van der Waals surface area contributed by atoms with E-state index in [1.54, 1.807) is 0 Å². The normalized spacial score (nSPS) is 11.2. The average molecular weight is 577 g/mol. The number of phenolic OH excluding ortho intramolecular Hbond substituents is 4. The van der Waals surface area contributed by atoms with Gasteiger partial charge in [0.15, 0.2) is 11.5 Å². The lowest BCUT2D eigenvalue weighted by molar-refractivity contribution is 0.0865. The Labute approximate surface area is 240 Å². The van der Waals surface area contributed by atoms with E-state index in [0.717, 1.165) is 12.1 Å². The number of hydrogen-bond donors (Lipinski definition) is 4. The van der Waals surface area contributed by atoms with Crippen LogP contribution in [0.25, 0.3) is 44.2 Å². The zero-order chi connectivity index (χ0) is 30.4. The molecule has 2 aromatic heterocycles. The average Bonchev–Trinajstić information content (AvgIpc) is 2.98. The standard InChI is InChI=1S/C33H20O10/c34-18-5-1-16(2-6-18)28-30(40)22-11-9-20(36)13-26(22)42-32(28)24(38)15-25(39)33-29(17-3-7-19(35)8-4-17)31(41)23-12-10-21(37)14-27(23)43-33/h1-14,34-37H,15H2. The molecule has 0 spiro atoms. The number of carbonyl (C=O) groups is 2. The highest BCUT2D eigenvalue weighted by Crippen LogP contribution is 2.31. The van der Waals surface area contributed by atoms with Crippen LogP contribution in [0, 0.1) is 0 Å². The van der Waals surface area contributed by atoms with Crippen LogP contribution in [0.15, 0.2) is 103 Å². The molecule has 0 aliphatic heterocycles. The zero-order valence-electron chi connectivity index (χ0n) is 22.0. The summed E-state index contributed by atoms with van der Waals surface area (Å²) < 4.78 is 11.6. The van der Waals surface area contributed by atoms with E-state index in [-0.39, 0.29) is 67.2 Å². The fourth-order valence-electron chi connectivity index (χ4n) is 4.84. The molecule has 10 heteroatoms. The van der Waals surface area contributed by atoms with Crippen molar-refractivity contribution in [1.82, 2.24) is 0 Å². The topological polar surface area (TPSA) is 175 Å². The van der Waals surface area contributed by atoms with Crippen molar-refractivity contribution in [3.05, 3.63) is 117 Å². The van der Waals surface area contributed by atoms with Gasteiger partial charge in [-0.25, -0.2) is 0 Å². The summed E-state index contributed by atoms with van der Waals surface area (Å²) in [5.74, 6) is -3.41. The second-order valence-electron chi connectivity index (χ2n) is 9.75. The molecule has 0 saturated heterocycles. The van der Waals surface area contributed by atoms with E-state index in [2.05, 4.69) is 0 Å². The number of fused-ring (bicyclic) bond motifs is 2. The van der Waals surface area contributed by atoms with Crippen molar-refractivity contribution in [2.45, 2.75) is 6.42 Å². The molecule has 10 nitrogen and oxygen atoms in total. The Balaban J connectivity index is 1.51. The molecule has 0 amide bonds. The number of carbonyl (C=O) groups excluding carboxylic acids is 2. The molecule has 0 bridgehead atoms. The molecule has 0 saturated carbocycles. The molecule has 0 fully saturated rings. The van der Waals surface area contributed by atoms with E-state index in [0.29, 0.717) is 0 Å². The zero-order valence-corrected chi connectivity index (χ0v) is 22.0. The summed E-state index contributed by atoms with van der Waals surface area (Å²) in [5, 5.41) is 39.5. The lowest BCUT2D eigenvalue weighted by Crippen LogP contribution is -2.18. The van der Waals surface area contributed by atoms with Gasteiger partial charge in [0.25, 0.3) is 0 Å². The van der Waals surface area contributed by atoms with E-state index in [9.17, 15) is 39.6 Å². The molecule has 0 unspecified atom stereocenters. The van der Waals surface area contributed by atoms with Gasteiger partial charge in [-0.2, -0.15) is 0 Å². The number of benzene rings is 4. The first kappa shape index (κ1) is 27.0. The van der Waals surface area contributed by atoms with Gasteiger partial charge in [0.2, 0.25) is 22.4 Å². The van der Waals surface area contributed by atoms with Gasteiger partial charge in [0.05, 0.1) is 28.3 Å². The molecule has 0 atom stereocenters. The highest BCUT2D eigenvalue weighted by molar-refractivity contribution is 6.16. The summed E-state index contributed by atoms with van der Waals surface area (Å²) in [5.41, 5.74) is -1.29. The minimum atomic E-state index is -0.925. The van der Waals surface area contributed by atoms with Crippen molar-refractivity contribution >= 4 is 33.5 Å². The second-order valence-corrected chi connectivity index (χ2v) is 9.75. The first-order valence-corrected chi connectivity index (χ1v) is 12.9. The Hall–Kier alpha value is -6.16. The van der Waals surface area contributed by atoms with E-state index < -0.39 is 40.4 Å². The summed E-state index contributed by atoms with van der Waals surface area (Å²) in [6.45, 7) is 0. The van der Waals surface area contributed by atoms with Gasteiger partial charge >= 0.3 is 0 Å². The van der Waals surface area contributed by atoms with Crippen LogP contribution >= 0.6 is 0 Å². The van der Waals surface area contributed by atoms with Crippen molar-refractivity contribution in [3.63, 3.8) is 0 Å². The molecule has 0 aliphatic carbocycles. The summed E-state index contributed by atoms with van der Waals surface area (Å²) >= 11 is 0. The van der Waals surface area contributed by atoms with Crippen molar-refractivity contribution in [2.24, 2.45) is 0 Å². The third kappa shape index (κ3) is 4.87. The van der Waals surface area contributed by atoms with Crippen molar-refractivity contribution in [1.29, 1.82) is 0 Å². The molecule has 6 aromatic rings. The molecule has 212 valence electrons. The van der Waals surface area contributed by atoms with E-state index in [1.165, 1.54) is 72.8 Å². The van der Waals surface area contributed by atoms with Crippen LogP contribution in [0.3, 0.4) is 0 Å². The number of phenols is 4. The molecule has 0 radical (unpaired) electrons. The van der Waals surface area contributed by atoms with Crippen molar-refractivity contribution in [3.8, 4) is 45.3 Å². The Kier molecular flexibility index (Phi) is 6.50. The fourth-order valence-corrected chi connectivity index (χ4v) is 4.84. The molecular formula is C33H20O10. The molecule has 43 heavy (non-hydrogen) atoms. The van der Waals surface area contributed by atoms with E-state index >= 15 is 0 Å². The van der Waals surface area contributed by atoms with Crippen LogP contribution < -0.4 is 10.9 Å². The van der Waals surface area contributed by atoms with E-state index in [4.69, 9.17) is 8.83 Å². The third-order valence-electron chi connectivity index (χ3n) is 6.89. The first-order chi connectivity index (χ1) is 20.6. The smallest absolute Gasteiger partial charge is 0.206 e. The number of ketones is 2. The molecule has 0 aliphatic rings. The number of rotatable bonds is 6. The van der Waals surface area contributed by atoms with Crippen molar-refractivity contribution in [2.75, 3.05) is 0 Å². The van der Waals surface area contributed by atoms with Gasteiger partial charge in [-0.15, -0.1) is 0 Å². The predicted octanol–water partition coefficient (Wildman–Crippen LogP) is 5.51. The van der Waals surface area contributed by atoms with Crippen LogP contribution in [0.4, 0.5) is 0 Å². The monoisotopic (exact) mass is 576 g/mol. The summed E-state index contributed by atoms with van der Waals surface area (Å²) in [6.07, 6.45) is -0.892. The summed E-state index contributed by atoms with van der Waals surface area (Å²) in [7, 11) is 0. The SMILES string of the molecule is O=C(CC(=O)c1oc2cc(O)ccc2c(=O)c1-c1ccc(O)cc1)c1oc2cc(O)ccc2c(=O)c1-c1ccc(O)cc1. The lowest BCUT2D eigenvalue weighted by atomic mass is 9.95. The Morgan fingerprint density at radius 2 is 0.860 bits per heavy atom. The van der Waals surface area contributed by atoms with Crippen LogP contribution in [0.1, 0.15) is 27.5 Å². The number of aromatic hydroxyl groups is 4. The van der Waals surface area contributed by atoms with Crippen molar-refractivity contribution < 1.29 is 38.8 Å². The number of Topliss-reactive ketones (excluding diaryl/α,β-unsaturated/α-hetero) is 2. The Bertz CT molecular complexity index is 2050. The Morgan fingerprint density at radius 1 is 0.512 bits per heavy atom. The first-order valence-electron chi connectivity index (χ1n) is 12.9. The quantitative estimate of drug-likeness (QED) is 0.146. The Morgan fingerprint density at radius 3 is 1.23 bits per heavy atom. The maximum absolute atomic E-state index is 13.7. The van der Waals surface area contributed by atoms with Gasteiger partial charge < -0.3 is 29.3 Å². The summed E-state index contributed by atoms with van der Waals surface area (Å²) in [6, 6.07) is 18.5. The molecule has 2 heterocycles. The minimum Gasteiger partial charge on any atom is -0.508 e. The van der Waals surface area contributed by atoms with Crippen LogP contribution in [0.5, 0.6) is 23.0 Å². The molecule has 6 rings (SSSR count). The highest BCUT2D eigenvalue weighted by atomic mass is 16.4. The maximum Gasteiger partial charge on any atom is 0.206 e. The highest BCUT2D eigenvalue weighted by Gasteiger charge is 2.28. The van der Waals surface area contributed by atoms with Gasteiger partial charge in [-0.05, 0) is 59.7 Å². The molecule has 4 aromatic carbocycles. The predicted molar refractivity (Wildman–Crippen MR) is 156 cm³/mol. The second kappa shape index (κ2) is 10.3. The van der Waals surface area contributed by atoms with Crippen LogP contribution in [-0.2, 0) is 0 Å².